The monoisotopic (exact) mass is 447 g/mol. The van der Waals surface area contributed by atoms with E-state index < -0.39 is 36.2 Å². The van der Waals surface area contributed by atoms with Crippen LogP contribution >= 0.6 is 0 Å². The van der Waals surface area contributed by atoms with Crippen LogP contribution in [0.2, 0.25) is 0 Å². The van der Waals surface area contributed by atoms with Gasteiger partial charge in [-0.15, -0.1) is 0 Å². The van der Waals surface area contributed by atoms with E-state index in [2.05, 4.69) is 4.98 Å². The van der Waals surface area contributed by atoms with Gasteiger partial charge in [-0.3, -0.25) is 24.2 Å². The van der Waals surface area contributed by atoms with Gasteiger partial charge in [-0.1, -0.05) is 13.8 Å². The second kappa shape index (κ2) is 9.94. The lowest BCUT2D eigenvalue weighted by Gasteiger charge is -2.52. The van der Waals surface area contributed by atoms with Crippen molar-refractivity contribution in [1.82, 2.24) is 19.8 Å². The first-order chi connectivity index (χ1) is 15.2. The van der Waals surface area contributed by atoms with Crippen molar-refractivity contribution in [1.29, 1.82) is 0 Å². The van der Waals surface area contributed by atoms with E-state index in [9.17, 15) is 19.2 Å². The van der Waals surface area contributed by atoms with E-state index in [1.165, 1.54) is 16.7 Å². The number of rotatable bonds is 7. The fourth-order valence-corrected chi connectivity index (χ4v) is 3.75. The molecule has 0 radical (unpaired) electrons. The highest BCUT2D eigenvalue weighted by molar-refractivity contribution is 5.92. The van der Waals surface area contributed by atoms with Gasteiger partial charge in [-0.25, -0.2) is 4.79 Å². The quantitative estimate of drug-likeness (QED) is 0.648. The summed E-state index contributed by atoms with van der Waals surface area (Å²) in [5.74, 6) is -1.23. The number of carbonyl (C=O) groups excluding carboxylic acids is 4. The van der Waals surface area contributed by atoms with E-state index in [-0.39, 0.29) is 44.4 Å². The van der Waals surface area contributed by atoms with Gasteiger partial charge in [0.15, 0.2) is 12.3 Å². The van der Waals surface area contributed by atoms with Crippen molar-refractivity contribution in [2.75, 3.05) is 13.2 Å². The lowest BCUT2D eigenvalue weighted by molar-refractivity contribution is -0.264. The highest BCUT2D eigenvalue weighted by Crippen LogP contribution is 2.30. The first-order valence-corrected chi connectivity index (χ1v) is 10.6. The Bertz CT molecular complexity index is 863. The molecule has 3 heterocycles. The molecule has 2 N–H and O–H groups in total. The second-order valence-electron chi connectivity index (χ2n) is 8.37. The summed E-state index contributed by atoms with van der Waals surface area (Å²) in [6, 6.07) is 2.59. The van der Waals surface area contributed by atoms with Crippen LogP contribution in [-0.2, 0) is 30.5 Å². The fraction of sp³-hybridized carbons (Fsp3) is 0.571. The number of amides is 4. The average molecular weight is 447 g/mol. The summed E-state index contributed by atoms with van der Waals surface area (Å²) in [5, 5.41) is 1.03. The number of hydrogen-bond donors (Lipinski definition) is 1. The Balaban J connectivity index is 1.92. The van der Waals surface area contributed by atoms with E-state index in [4.69, 9.17) is 15.3 Å². The Labute approximate surface area is 186 Å². The van der Waals surface area contributed by atoms with E-state index in [1.54, 1.807) is 24.5 Å². The zero-order valence-electron chi connectivity index (χ0n) is 18.5. The molecule has 0 bridgehead atoms. The van der Waals surface area contributed by atoms with Crippen molar-refractivity contribution in [3.05, 3.63) is 30.1 Å². The van der Waals surface area contributed by atoms with Crippen LogP contribution in [0.25, 0.3) is 0 Å². The Kier molecular flexibility index (Phi) is 7.29. The molecule has 1 aromatic rings. The van der Waals surface area contributed by atoms with Gasteiger partial charge < -0.3 is 20.3 Å². The predicted molar refractivity (Wildman–Crippen MR) is 111 cm³/mol. The standard InChI is InChI=1S/C21H29N5O6/c1-13(2)12-31-21(30)26-18-11-24(10-15-6-8-23-9-7-15)20(29)16(4-5-17(22)27)25(18)19(28)14(3)32-26/h6-9,13-14,16,18H,4-5,10-12H2,1-3H3,(H2,22,27)/t14-,16+,18?/m1/s1. The van der Waals surface area contributed by atoms with Crippen molar-refractivity contribution < 1.29 is 28.8 Å². The summed E-state index contributed by atoms with van der Waals surface area (Å²) in [6.07, 6.45) is 0.577. The number of hydroxylamine groups is 2. The van der Waals surface area contributed by atoms with Crippen molar-refractivity contribution in [2.24, 2.45) is 11.7 Å². The Morgan fingerprint density at radius 1 is 1.25 bits per heavy atom. The van der Waals surface area contributed by atoms with Crippen LogP contribution in [0.5, 0.6) is 0 Å². The van der Waals surface area contributed by atoms with Gasteiger partial charge >= 0.3 is 6.09 Å². The zero-order chi connectivity index (χ0) is 23.4. The molecule has 0 spiro atoms. The molecule has 0 aromatic carbocycles. The predicted octanol–water partition coefficient (Wildman–Crippen LogP) is 0.641. The van der Waals surface area contributed by atoms with Crippen LogP contribution in [0.4, 0.5) is 4.79 Å². The van der Waals surface area contributed by atoms with Crippen LogP contribution < -0.4 is 5.73 Å². The molecule has 1 unspecified atom stereocenters. The highest BCUT2D eigenvalue weighted by atomic mass is 16.7. The molecule has 2 aliphatic rings. The third kappa shape index (κ3) is 5.16. The summed E-state index contributed by atoms with van der Waals surface area (Å²) >= 11 is 0. The summed E-state index contributed by atoms with van der Waals surface area (Å²) in [7, 11) is 0. The van der Waals surface area contributed by atoms with Gasteiger partial charge in [0.05, 0.1) is 13.2 Å². The fourth-order valence-electron chi connectivity index (χ4n) is 3.75. The number of pyridine rings is 1. The van der Waals surface area contributed by atoms with E-state index in [0.717, 1.165) is 10.6 Å². The van der Waals surface area contributed by atoms with Crippen LogP contribution in [0.1, 0.15) is 39.2 Å². The molecule has 4 amide bonds. The molecule has 2 fully saturated rings. The minimum Gasteiger partial charge on any atom is -0.448 e. The van der Waals surface area contributed by atoms with Crippen molar-refractivity contribution in [3.8, 4) is 0 Å². The number of nitrogens with two attached hydrogens (primary N) is 1. The molecule has 0 aliphatic carbocycles. The van der Waals surface area contributed by atoms with Crippen LogP contribution in [0.3, 0.4) is 0 Å². The Morgan fingerprint density at radius 2 is 1.94 bits per heavy atom. The number of aromatic nitrogens is 1. The molecule has 2 aliphatic heterocycles. The minimum absolute atomic E-state index is 0.0312. The number of piperazine rings is 1. The van der Waals surface area contributed by atoms with Crippen LogP contribution in [0.15, 0.2) is 24.5 Å². The smallest absolute Gasteiger partial charge is 0.436 e. The molecule has 1 aromatic heterocycles. The van der Waals surface area contributed by atoms with Gasteiger partial charge in [-0.05, 0) is 37.0 Å². The Morgan fingerprint density at radius 3 is 2.56 bits per heavy atom. The van der Waals surface area contributed by atoms with E-state index in [1.807, 2.05) is 13.8 Å². The van der Waals surface area contributed by atoms with Crippen molar-refractivity contribution in [3.63, 3.8) is 0 Å². The third-order valence-electron chi connectivity index (χ3n) is 5.29. The van der Waals surface area contributed by atoms with Gasteiger partial charge in [-0.2, -0.15) is 5.06 Å². The van der Waals surface area contributed by atoms with Gasteiger partial charge in [0.25, 0.3) is 5.91 Å². The largest absolute Gasteiger partial charge is 0.448 e. The lowest BCUT2D eigenvalue weighted by Crippen LogP contribution is -2.73. The molecule has 11 heteroatoms. The SMILES string of the molecule is CC(C)COC(=O)N1O[C@H](C)C(=O)N2C1CN(Cc1ccncc1)C(=O)[C@@H]2CCC(N)=O. The minimum atomic E-state index is -0.992. The lowest BCUT2D eigenvalue weighted by atomic mass is 10.0. The molecular weight excluding hydrogens is 418 g/mol. The summed E-state index contributed by atoms with van der Waals surface area (Å²) in [6.45, 7) is 5.76. The summed E-state index contributed by atoms with van der Waals surface area (Å²) in [5.41, 5.74) is 6.14. The van der Waals surface area contributed by atoms with E-state index >= 15 is 0 Å². The number of fused-ring (bicyclic) bond motifs is 1. The topological polar surface area (TPSA) is 135 Å². The first kappa shape index (κ1) is 23.5. The number of carbonyl (C=O) groups is 4. The third-order valence-corrected chi connectivity index (χ3v) is 5.29. The Hall–Kier alpha value is -3.21. The molecule has 3 atom stereocenters. The van der Waals surface area contributed by atoms with Gasteiger partial charge in [0.1, 0.15) is 6.04 Å². The highest BCUT2D eigenvalue weighted by Gasteiger charge is 2.52. The average Bonchev–Trinajstić information content (AvgIpc) is 2.75. The molecule has 11 nitrogen and oxygen atoms in total. The van der Waals surface area contributed by atoms with Crippen LogP contribution in [0, 0.1) is 5.92 Å². The number of ether oxygens (including phenoxy) is 1. The molecule has 32 heavy (non-hydrogen) atoms. The normalized spacial score (nSPS) is 23.4. The summed E-state index contributed by atoms with van der Waals surface area (Å²) in [4.78, 5) is 63.0. The second-order valence-corrected chi connectivity index (χ2v) is 8.37. The summed E-state index contributed by atoms with van der Waals surface area (Å²) < 4.78 is 5.33. The van der Waals surface area contributed by atoms with Crippen LogP contribution in [-0.4, -0.2) is 75.1 Å². The molecular formula is C21H29N5O6. The molecule has 2 saturated heterocycles. The zero-order valence-corrected chi connectivity index (χ0v) is 18.5. The van der Waals surface area contributed by atoms with Gasteiger partial charge in [0.2, 0.25) is 11.8 Å². The maximum Gasteiger partial charge on any atom is 0.436 e. The van der Waals surface area contributed by atoms with Crippen molar-refractivity contribution in [2.45, 2.75) is 58.5 Å². The number of nitrogens with zero attached hydrogens (tertiary/aromatic N) is 4. The maximum atomic E-state index is 13.3. The molecule has 3 rings (SSSR count). The maximum absolute atomic E-state index is 13.3. The van der Waals surface area contributed by atoms with Crippen molar-refractivity contribution >= 4 is 23.8 Å². The number of primary amides is 1. The molecule has 0 saturated carbocycles. The van der Waals surface area contributed by atoms with Gasteiger partial charge in [0, 0.05) is 25.4 Å². The van der Waals surface area contributed by atoms with E-state index in [0.29, 0.717) is 0 Å². The number of hydrogen-bond acceptors (Lipinski definition) is 7. The first-order valence-electron chi connectivity index (χ1n) is 10.6. The molecule has 174 valence electrons.